The summed E-state index contributed by atoms with van der Waals surface area (Å²) < 4.78 is 36.3. The summed E-state index contributed by atoms with van der Waals surface area (Å²) in [5, 5.41) is 10.6. The summed E-state index contributed by atoms with van der Waals surface area (Å²) in [7, 11) is 0. The van der Waals surface area contributed by atoms with Crippen LogP contribution in [0.5, 0.6) is 0 Å². The first-order valence-corrected chi connectivity index (χ1v) is 5.04. The molecule has 0 aliphatic heterocycles. The van der Waals surface area contributed by atoms with Gasteiger partial charge in [-0.05, 0) is 37.7 Å². The zero-order valence-corrected chi connectivity index (χ0v) is 9.28. The number of rotatable bonds is 2. The number of thioether (sulfide) groups is 1. The van der Waals surface area contributed by atoms with Gasteiger partial charge in [0, 0.05) is 16.0 Å². The number of hydrogen-bond donors (Lipinski definition) is 0. The Bertz CT molecular complexity index is 408. The Hall–Kier alpha value is -1.24. The van der Waals surface area contributed by atoms with E-state index < -0.39 is 10.4 Å². The van der Waals surface area contributed by atoms with Crippen LogP contribution < -0.4 is 0 Å². The molecule has 88 valence electrons. The van der Waals surface area contributed by atoms with Crippen LogP contribution in [0.3, 0.4) is 0 Å². The fourth-order valence-corrected chi connectivity index (χ4v) is 2.14. The number of hydrogen-bond acceptors (Lipinski definition) is 3. The van der Waals surface area contributed by atoms with Gasteiger partial charge in [0.1, 0.15) is 0 Å². The molecule has 0 radical (unpaired) electrons. The lowest BCUT2D eigenvalue weighted by molar-refractivity contribution is -0.386. The van der Waals surface area contributed by atoms with Gasteiger partial charge < -0.3 is 0 Å². The molecular formula is C9H8F3NO2S. The first-order valence-electron chi connectivity index (χ1n) is 4.22. The van der Waals surface area contributed by atoms with Crippen molar-refractivity contribution in [2.45, 2.75) is 24.3 Å². The van der Waals surface area contributed by atoms with E-state index in [2.05, 4.69) is 0 Å². The quantitative estimate of drug-likeness (QED) is 0.456. The third kappa shape index (κ3) is 3.13. The number of nitrogens with zero attached hydrogens (tertiary/aromatic N) is 1. The molecule has 0 aromatic heterocycles. The maximum atomic E-state index is 12.1. The van der Waals surface area contributed by atoms with Crippen LogP contribution in [0.15, 0.2) is 17.0 Å². The molecule has 0 saturated heterocycles. The molecule has 0 aliphatic carbocycles. The van der Waals surface area contributed by atoms with Crippen molar-refractivity contribution < 1.29 is 18.1 Å². The number of aryl methyl sites for hydroxylation is 2. The zero-order chi connectivity index (χ0) is 12.5. The number of benzene rings is 1. The predicted molar refractivity (Wildman–Crippen MR) is 54.5 cm³/mol. The third-order valence-corrected chi connectivity index (χ3v) is 2.58. The number of nitro benzene ring substituents is 1. The Balaban J connectivity index is 3.15. The number of nitro groups is 1. The minimum Gasteiger partial charge on any atom is -0.258 e. The zero-order valence-electron chi connectivity index (χ0n) is 8.46. The van der Waals surface area contributed by atoms with Gasteiger partial charge in [0.2, 0.25) is 0 Å². The van der Waals surface area contributed by atoms with Crippen molar-refractivity contribution in [2.75, 3.05) is 0 Å². The van der Waals surface area contributed by atoms with Crippen molar-refractivity contribution in [1.82, 2.24) is 0 Å². The van der Waals surface area contributed by atoms with Gasteiger partial charge >= 0.3 is 5.51 Å². The molecule has 0 N–H and O–H groups in total. The molecule has 1 aromatic carbocycles. The Morgan fingerprint density at radius 1 is 1.25 bits per heavy atom. The second-order valence-electron chi connectivity index (χ2n) is 3.21. The van der Waals surface area contributed by atoms with E-state index in [1.807, 2.05) is 0 Å². The third-order valence-electron chi connectivity index (χ3n) is 1.88. The minimum absolute atomic E-state index is 0.0342. The molecule has 0 spiro atoms. The molecule has 7 heteroatoms. The predicted octanol–water partition coefficient (Wildman–Crippen LogP) is 3.82. The second-order valence-corrected chi connectivity index (χ2v) is 4.35. The van der Waals surface area contributed by atoms with Crippen LogP contribution in [0.2, 0.25) is 0 Å². The normalized spacial score (nSPS) is 11.6. The Morgan fingerprint density at radius 3 is 2.00 bits per heavy atom. The standard InChI is InChI=1S/C9H8F3NO2S/c1-5-3-7(16-9(10,11)12)4-6(2)8(5)13(14)15/h3-4H,1-2H3. The van der Waals surface area contributed by atoms with Gasteiger partial charge in [-0.25, -0.2) is 0 Å². The van der Waals surface area contributed by atoms with E-state index in [1.165, 1.54) is 26.0 Å². The number of halogens is 3. The molecule has 0 amide bonds. The lowest BCUT2D eigenvalue weighted by Gasteiger charge is -2.08. The monoisotopic (exact) mass is 251 g/mol. The maximum Gasteiger partial charge on any atom is 0.446 e. The molecule has 1 rings (SSSR count). The van der Waals surface area contributed by atoms with Crippen molar-refractivity contribution in [2.24, 2.45) is 0 Å². The first kappa shape index (κ1) is 12.8. The van der Waals surface area contributed by atoms with Crippen LogP contribution in [-0.4, -0.2) is 10.4 Å². The molecule has 0 heterocycles. The second kappa shape index (κ2) is 4.32. The van der Waals surface area contributed by atoms with Gasteiger partial charge in [-0.3, -0.25) is 10.1 Å². The maximum absolute atomic E-state index is 12.1. The minimum atomic E-state index is -4.38. The van der Waals surface area contributed by atoms with Crippen molar-refractivity contribution in [3.8, 4) is 0 Å². The van der Waals surface area contributed by atoms with Gasteiger partial charge in [-0.2, -0.15) is 13.2 Å². The summed E-state index contributed by atoms with van der Waals surface area (Å²) in [5.41, 5.74) is -4.05. The fraction of sp³-hybridized carbons (Fsp3) is 0.333. The van der Waals surface area contributed by atoms with E-state index in [0.29, 0.717) is 0 Å². The Morgan fingerprint density at radius 2 is 1.69 bits per heavy atom. The number of alkyl halides is 3. The molecule has 1 aromatic rings. The summed E-state index contributed by atoms with van der Waals surface area (Å²) in [6.45, 7) is 2.84. The molecule has 16 heavy (non-hydrogen) atoms. The highest BCUT2D eigenvalue weighted by Crippen LogP contribution is 2.39. The van der Waals surface area contributed by atoms with Crippen LogP contribution in [0.1, 0.15) is 11.1 Å². The lowest BCUT2D eigenvalue weighted by atomic mass is 10.1. The van der Waals surface area contributed by atoms with E-state index in [9.17, 15) is 23.3 Å². The molecule has 0 unspecified atom stereocenters. The van der Waals surface area contributed by atoms with Crippen LogP contribution in [-0.2, 0) is 0 Å². The van der Waals surface area contributed by atoms with Gasteiger partial charge in [0.25, 0.3) is 5.69 Å². The van der Waals surface area contributed by atoms with Crippen molar-refractivity contribution in [3.05, 3.63) is 33.4 Å². The highest BCUT2D eigenvalue weighted by atomic mass is 32.2. The van der Waals surface area contributed by atoms with Crippen molar-refractivity contribution >= 4 is 17.4 Å². The highest BCUT2D eigenvalue weighted by molar-refractivity contribution is 8.00. The fourth-order valence-electron chi connectivity index (χ4n) is 1.40. The molecule has 0 saturated carbocycles. The van der Waals surface area contributed by atoms with E-state index >= 15 is 0 Å². The van der Waals surface area contributed by atoms with E-state index in [0.717, 1.165) is 0 Å². The lowest BCUT2D eigenvalue weighted by Crippen LogP contribution is -2.01. The molecule has 0 atom stereocenters. The summed E-state index contributed by atoms with van der Waals surface area (Å²) >= 11 is -0.273. The van der Waals surface area contributed by atoms with Crippen molar-refractivity contribution in [3.63, 3.8) is 0 Å². The topological polar surface area (TPSA) is 43.1 Å². The first-order chi connectivity index (χ1) is 7.20. The van der Waals surface area contributed by atoms with Crippen LogP contribution in [0, 0.1) is 24.0 Å². The Labute approximate surface area is 93.8 Å². The molecule has 0 aliphatic rings. The summed E-state index contributed by atoms with van der Waals surface area (Å²) in [6.07, 6.45) is 0. The summed E-state index contributed by atoms with van der Waals surface area (Å²) in [5.74, 6) is 0. The van der Waals surface area contributed by atoms with Crippen LogP contribution >= 0.6 is 11.8 Å². The van der Waals surface area contributed by atoms with E-state index in [1.54, 1.807) is 0 Å². The smallest absolute Gasteiger partial charge is 0.258 e. The molecule has 0 fully saturated rings. The highest BCUT2D eigenvalue weighted by Gasteiger charge is 2.30. The van der Waals surface area contributed by atoms with Gasteiger partial charge in [-0.1, -0.05) is 0 Å². The summed E-state index contributed by atoms with van der Waals surface area (Å²) in [6, 6.07) is 2.34. The SMILES string of the molecule is Cc1cc(SC(F)(F)F)cc(C)c1[N+](=O)[O-]. The average molecular weight is 251 g/mol. The molecule has 3 nitrogen and oxygen atoms in total. The van der Waals surface area contributed by atoms with Gasteiger partial charge in [-0.15, -0.1) is 0 Å². The summed E-state index contributed by atoms with van der Waals surface area (Å²) in [4.78, 5) is 9.99. The van der Waals surface area contributed by atoms with E-state index in [-0.39, 0.29) is 33.5 Å². The van der Waals surface area contributed by atoms with Crippen LogP contribution in [0.25, 0.3) is 0 Å². The van der Waals surface area contributed by atoms with Crippen LogP contribution in [0.4, 0.5) is 18.9 Å². The van der Waals surface area contributed by atoms with Crippen molar-refractivity contribution in [1.29, 1.82) is 0 Å². The average Bonchev–Trinajstić information content (AvgIpc) is 1.96. The largest absolute Gasteiger partial charge is 0.446 e. The molecular weight excluding hydrogens is 243 g/mol. The van der Waals surface area contributed by atoms with Gasteiger partial charge in [0.15, 0.2) is 0 Å². The Kier molecular flexibility index (Phi) is 3.47. The molecule has 0 bridgehead atoms. The van der Waals surface area contributed by atoms with Gasteiger partial charge in [0.05, 0.1) is 4.92 Å². The van der Waals surface area contributed by atoms with E-state index in [4.69, 9.17) is 0 Å².